The van der Waals surface area contributed by atoms with Gasteiger partial charge in [-0.15, -0.1) is 0 Å². The van der Waals surface area contributed by atoms with Crippen LogP contribution in [-0.4, -0.2) is 41.7 Å². The molecule has 1 atom stereocenters. The van der Waals surface area contributed by atoms with Gasteiger partial charge in [-0.2, -0.15) is 0 Å². The summed E-state index contributed by atoms with van der Waals surface area (Å²) in [5, 5.41) is 4.19. The molecule has 0 N–H and O–H groups in total. The summed E-state index contributed by atoms with van der Waals surface area (Å²) in [5.74, 6) is 1.58. The summed E-state index contributed by atoms with van der Waals surface area (Å²) >= 11 is 0. The van der Waals surface area contributed by atoms with Crippen molar-refractivity contribution < 1.29 is 4.52 Å². The van der Waals surface area contributed by atoms with Gasteiger partial charge >= 0.3 is 0 Å². The zero-order valence-corrected chi connectivity index (χ0v) is 15.1. The molecule has 1 aliphatic heterocycles. The van der Waals surface area contributed by atoms with Gasteiger partial charge in [-0.3, -0.25) is 9.88 Å². The third kappa shape index (κ3) is 3.94. The van der Waals surface area contributed by atoms with E-state index in [2.05, 4.69) is 57.3 Å². The largest absolute Gasteiger partial charge is 0.371 e. The molecule has 1 fully saturated rings. The molecule has 3 aromatic rings. The average Bonchev–Trinajstić information content (AvgIpc) is 3.33. The summed E-state index contributed by atoms with van der Waals surface area (Å²) in [6, 6.07) is 16.6. The Morgan fingerprint density at radius 1 is 1.15 bits per heavy atom. The van der Waals surface area contributed by atoms with E-state index in [0.29, 0.717) is 5.92 Å². The number of hydrogen-bond donors (Lipinski definition) is 0. The summed E-state index contributed by atoms with van der Waals surface area (Å²) < 4.78 is 5.52. The van der Waals surface area contributed by atoms with Gasteiger partial charge in [0.15, 0.2) is 5.76 Å². The standard InChI is InChI=1S/C21H24N4O/c1-24(14-17-9-12-25(15-17)19-5-3-2-4-6-19)16-20-13-21(23-26-20)18-7-10-22-11-8-18/h2-8,10-11,13,17H,9,12,14-16H2,1H3. The Bertz CT molecular complexity index is 818. The third-order valence-electron chi connectivity index (χ3n) is 4.94. The molecule has 1 unspecified atom stereocenters. The lowest BCUT2D eigenvalue weighted by atomic mass is 10.1. The molecular weight excluding hydrogens is 324 g/mol. The normalized spacial score (nSPS) is 17.2. The molecule has 3 heterocycles. The third-order valence-corrected chi connectivity index (χ3v) is 4.94. The first-order chi connectivity index (χ1) is 12.8. The summed E-state index contributed by atoms with van der Waals surface area (Å²) in [5.41, 5.74) is 3.23. The highest BCUT2D eigenvalue weighted by Crippen LogP contribution is 2.24. The number of nitrogens with zero attached hydrogens (tertiary/aromatic N) is 4. The molecular formula is C21H24N4O. The van der Waals surface area contributed by atoms with Gasteiger partial charge in [-0.05, 0) is 43.7 Å². The van der Waals surface area contributed by atoms with Crippen LogP contribution in [0.3, 0.4) is 0 Å². The Morgan fingerprint density at radius 3 is 2.77 bits per heavy atom. The molecule has 26 heavy (non-hydrogen) atoms. The topological polar surface area (TPSA) is 45.4 Å². The molecule has 0 spiro atoms. The molecule has 5 nitrogen and oxygen atoms in total. The van der Waals surface area contributed by atoms with Crippen molar-refractivity contribution in [3.05, 3.63) is 66.7 Å². The molecule has 0 bridgehead atoms. The monoisotopic (exact) mass is 348 g/mol. The van der Waals surface area contributed by atoms with Crippen LogP contribution in [0.15, 0.2) is 65.4 Å². The van der Waals surface area contributed by atoms with Gasteiger partial charge in [0.05, 0.1) is 6.54 Å². The fourth-order valence-electron chi connectivity index (χ4n) is 3.67. The van der Waals surface area contributed by atoms with Gasteiger partial charge in [0.2, 0.25) is 0 Å². The van der Waals surface area contributed by atoms with E-state index in [1.807, 2.05) is 18.2 Å². The van der Waals surface area contributed by atoms with E-state index in [-0.39, 0.29) is 0 Å². The maximum absolute atomic E-state index is 5.52. The maximum Gasteiger partial charge on any atom is 0.151 e. The Morgan fingerprint density at radius 2 is 1.96 bits per heavy atom. The number of rotatable bonds is 6. The lowest BCUT2D eigenvalue weighted by Gasteiger charge is -2.21. The quantitative estimate of drug-likeness (QED) is 0.680. The van der Waals surface area contributed by atoms with E-state index < -0.39 is 0 Å². The first kappa shape index (κ1) is 16.8. The lowest BCUT2D eigenvalue weighted by molar-refractivity contribution is 0.244. The predicted octanol–water partition coefficient (Wildman–Crippen LogP) is 3.69. The van der Waals surface area contributed by atoms with Crippen molar-refractivity contribution in [1.82, 2.24) is 15.0 Å². The Kier molecular flexibility index (Phi) is 4.97. The van der Waals surface area contributed by atoms with Crippen LogP contribution in [0.1, 0.15) is 12.2 Å². The van der Waals surface area contributed by atoms with Gasteiger partial charge in [0.25, 0.3) is 0 Å². The van der Waals surface area contributed by atoms with Gasteiger partial charge in [-0.1, -0.05) is 23.4 Å². The Labute approximate surface area is 154 Å². The van der Waals surface area contributed by atoms with Crippen LogP contribution in [-0.2, 0) is 6.54 Å². The minimum atomic E-state index is 0.683. The first-order valence-corrected chi connectivity index (χ1v) is 9.12. The van der Waals surface area contributed by atoms with Crippen LogP contribution in [0.2, 0.25) is 0 Å². The van der Waals surface area contributed by atoms with E-state index in [1.54, 1.807) is 12.4 Å². The minimum absolute atomic E-state index is 0.683. The van der Waals surface area contributed by atoms with E-state index in [0.717, 1.165) is 43.2 Å². The van der Waals surface area contributed by atoms with Crippen molar-refractivity contribution in [2.24, 2.45) is 5.92 Å². The number of anilines is 1. The molecule has 134 valence electrons. The van der Waals surface area contributed by atoms with Gasteiger partial charge in [-0.25, -0.2) is 0 Å². The average molecular weight is 348 g/mol. The van der Waals surface area contributed by atoms with Crippen LogP contribution in [0.25, 0.3) is 11.3 Å². The molecule has 0 amide bonds. The fourth-order valence-corrected chi connectivity index (χ4v) is 3.67. The second kappa shape index (κ2) is 7.70. The van der Waals surface area contributed by atoms with Crippen LogP contribution in [0.4, 0.5) is 5.69 Å². The summed E-state index contributed by atoms with van der Waals surface area (Å²) in [6.45, 7) is 4.10. The summed E-state index contributed by atoms with van der Waals surface area (Å²) in [4.78, 5) is 8.85. The van der Waals surface area contributed by atoms with Crippen LogP contribution < -0.4 is 4.90 Å². The van der Waals surface area contributed by atoms with Gasteiger partial charge < -0.3 is 9.42 Å². The zero-order valence-electron chi connectivity index (χ0n) is 15.1. The van der Waals surface area contributed by atoms with Crippen molar-refractivity contribution in [3.63, 3.8) is 0 Å². The van der Waals surface area contributed by atoms with Crippen molar-refractivity contribution in [3.8, 4) is 11.3 Å². The predicted molar refractivity (Wildman–Crippen MR) is 103 cm³/mol. The lowest BCUT2D eigenvalue weighted by Crippen LogP contribution is -2.27. The molecule has 4 rings (SSSR count). The highest BCUT2D eigenvalue weighted by Gasteiger charge is 2.24. The van der Waals surface area contributed by atoms with Crippen LogP contribution in [0, 0.1) is 5.92 Å². The van der Waals surface area contributed by atoms with Gasteiger partial charge in [0.1, 0.15) is 5.69 Å². The summed E-state index contributed by atoms with van der Waals surface area (Å²) in [7, 11) is 2.15. The summed E-state index contributed by atoms with van der Waals surface area (Å²) in [6.07, 6.45) is 4.78. The van der Waals surface area contributed by atoms with Crippen molar-refractivity contribution in [1.29, 1.82) is 0 Å². The molecule has 1 aromatic carbocycles. The SMILES string of the molecule is CN(Cc1cc(-c2ccncc2)no1)CC1CCN(c2ccccc2)C1. The number of aromatic nitrogens is 2. The smallest absolute Gasteiger partial charge is 0.151 e. The molecule has 5 heteroatoms. The first-order valence-electron chi connectivity index (χ1n) is 9.12. The number of para-hydroxylation sites is 1. The molecule has 1 saturated heterocycles. The van der Waals surface area contributed by atoms with E-state index in [1.165, 1.54) is 12.1 Å². The van der Waals surface area contributed by atoms with E-state index in [9.17, 15) is 0 Å². The van der Waals surface area contributed by atoms with Crippen molar-refractivity contribution in [2.45, 2.75) is 13.0 Å². The molecule has 1 aliphatic rings. The van der Waals surface area contributed by atoms with Crippen molar-refractivity contribution in [2.75, 3.05) is 31.6 Å². The van der Waals surface area contributed by atoms with E-state index >= 15 is 0 Å². The second-order valence-corrected chi connectivity index (χ2v) is 7.05. The van der Waals surface area contributed by atoms with Crippen LogP contribution in [0.5, 0.6) is 0 Å². The van der Waals surface area contributed by atoms with E-state index in [4.69, 9.17) is 4.52 Å². The highest BCUT2D eigenvalue weighted by molar-refractivity contribution is 5.57. The molecule has 2 aromatic heterocycles. The van der Waals surface area contributed by atoms with Crippen LogP contribution >= 0.6 is 0 Å². The number of hydrogen-bond acceptors (Lipinski definition) is 5. The second-order valence-electron chi connectivity index (χ2n) is 7.05. The molecule has 0 saturated carbocycles. The highest BCUT2D eigenvalue weighted by atomic mass is 16.5. The zero-order chi connectivity index (χ0) is 17.8. The number of benzene rings is 1. The Hall–Kier alpha value is -2.66. The van der Waals surface area contributed by atoms with Gasteiger partial charge in [0, 0.05) is 49.3 Å². The molecule has 0 aliphatic carbocycles. The minimum Gasteiger partial charge on any atom is -0.371 e. The Balaban J connectivity index is 1.31. The number of pyridine rings is 1. The maximum atomic E-state index is 5.52. The van der Waals surface area contributed by atoms with Crippen molar-refractivity contribution >= 4 is 5.69 Å². The fraction of sp³-hybridized carbons (Fsp3) is 0.333. The molecule has 0 radical (unpaired) electrons.